The van der Waals surface area contributed by atoms with Crippen molar-refractivity contribution in [2.45, 2.75) is 52.2 Å². The Labute approximate surface area is 183 Å². The number of hydrogen-bond acceptors (Lipinski definition) is 5. The van der Waals surface area contributed by atoms with E-state index in [9.17, 15) is 21.6 Å². The molecule has 2 N–H and O–H groups in total. The summed E-state index contributed by atoms with van der Waals surface area (Å²) in [6.45, 7) is 4.16. The van der Waals surface area contributed by atoms with Gasteiger partial charge in [-0.25, -0.2) is 13.1 Å². The van der Waals surface area contributed by atoms with Crippen LogP contribution in [-0.2, 0) is 10.0 Å². The molecular formula is C20H23F3N2O2S3. The molecule has 30 heavy (non-hydrogen) atoms. The van der Waals surface area contributed by atoms with E-state index in [4.69, 9.17) is 0 Å². The van der Waals surface area contributed by atoms with E-state index in [2.05, 4.69) is 5.32 Å². The Morgan fingerprint density at radius 1 is 0.967 bits per heavy atom. The summed E-state index contributed by atoms with van der Waals surface area (Å²) >= 11 is 3.24. The van der Waals surface area contributed by atoms with Gasteiger partial charge in [0.1, 0.15) is 0 Å². The molecule has 10 heteroatoms. The number of sulfonamides is 1. The van der Waals surface area contributed by atoms with E-state index in [1.54, 1.807) is 28.2 Å². The van der Waals surface area contributed by atoms with Crippen molar-refractivity contribution in [3.63, 3.8) is 0 Å². The first-order chi connectivity index (χ1) is 14.0. The lowest BCUT2D eigenvalue weighted by molar-refractivity contribution is -0.0450. The smallest absolute Gasteiger partial charge is 0.310 e. The molecule has 2 aromatic rings. The first kappa shape index (κ1) is 23.5. The maximum absolute atomic E-state index is 12.7. The molecule has 0 bridgehead atoms. The van der Waals surface area contributed by atoms with Crippen molar-refractivity contribution in [1.82, 2.24) is 10.0 Å². The third-order valence-corrected chi connectivity index (χ3v) is 8.71. The number of rotatable bonds is 7. The Bertz CT molecular complexity index is 901. The standard InChI is InChI=1S/C20H23F3N2O2S3/c1-13-3-7-16(8-4-13)28-19(29-17-9-5-14(2)6-10-17)18-11-15(12-24-18)25-30(26,27)20(21,22)23/h3-10,15,18-19,24-25H,11-12H2,1-2H3/t15-,18+/m1/s1. The van der Waals surface area contributed by atoms with Gasteiger partial charge in [0.2, 0.25) is 0 Å². The number of halogens is 3. The van der Waals surface area contributed by atoms with Crippen molar-refractivity contribution >= 4 is 33.5 Å². The molecule has 1 heterocycles. The van der Waals surface area contributed by atoms with Crippen LogP contribution in [0.2, 0.25) is 0 Å². The third kappa shape index (κ3) is 6.16. The van der Waals surface area contributed by atoms with Gasteiger partial charge < -0.3 is 5.32 Å². The summed E-state index contributed by atoms with van der Waals surface area (Å²) in [6.07, 6.45) is 0.275. The number of nitrogens with one attached hydrogen (secondary N) is 2. The summed E-state index contributed by atoms with van der Waals surface area (Å²) < 4.78 is 62.8. The van der Waals surface area contributed by atoms with Gasteiger partial charge in [-0.15, -0.1) is 23.5 Å². The SMILES string of the molecule is Cc1ccc(SC(Sc2ccc(C)cc2)[C@@H]2C[C@@H](NS(=O)(=O)C(F)(F)F)CN2)cc1. The van der Waals surface area contributed by atoms with Gasteiger partial charge in [-0.05, 0) is 44.5 Å². The van der Waals surface area contributed by atoms with Gasteiger partial charge in [0.05, 0.1) is 4.58 Å². The van der Waals surface area contributed by atoms with E-state index in [0.717, 1.165) is 20.9 Å². The van der Waals surface area contributed by atoms with E-state index in [-0.39, 0.29) is 23.6 Å². The van der Waals surface area contributed by atoms with Crippen LogP contribution in [0.3, 0.4) is 0 Å². The maximum Gasteiger partial charge on any atom is 0.511 e. The molecule has 4 nitrogen and oxygen atoms in total. The van der Waals surface area contributed by atoms with E-state index in [1.165, 1.54) is 0 Å². The van der Waals surface area contributed by atoms with Crippen LogP contribution in [0, 0.1) is 13.8 Å². The van der Waals surface area contributed by atoms with Crippen molar-refractivity contribution in [3.05, 3.63) is 59.7 Å². The van der Waals surface area contributed by atoms with Crippen LogP contribution in [0.15, 0.2) is 58.3 Å². The lowest BCUT2D eigenvalue weighted by atomic mass is 10.2. The minimum absolute atomic E-state index is 0.0456. The second kappa shape index (κ2) is 9.52. The third-order valence-electron chi connectivity index (χ3n) is 4.67. The van der Waals surface area contributed by atoms with Crippen molar-refractivity contribution in [2.75, 3.05) is 6.54 Å². The minimum Gasteiger partial charge on any atom is -0.310 e. The summed E-state index contributed by atoms with van der Waals surface area (Å²) in [5, 5.41) is 3.21. The van der Waals surface area contributed by atoms with Crippen LogP contribution in [0.1, 0.15) is 17.5 Å². The summed E-state index contributed by atoms with van der Waals surface area (Å²) in [7, 11) is -5.36. The lowest BCUT2D eigenvalue weighted by Gasteiger charge is -2.23. The highest BCUT2D eigenvalue weighted by atomic mass is 32.2. The molecule has 0 aliphatic carbocycles. The van der Waals surface area contributed by atoms with E-state index in [1.807, 2.05) is 62.4 Å². The Morgan fingerprint density at radius 3 is 1.87 bits per heavy atom. The van der Waals surface area contributed by atoms with Gasteiger partial charge in [-0.3, -0.25) is 0 Å². The van der Waals surface area contributed by atoms with Crippen LogP contribution < -0.4 is 10.0 Å². The van der Waals surface area contributed by atoms with E-state index >= 15 is 0 Å². The molecule has 164 valence electrons. The Balaban J connectivity index is 1.74. The van der Waals surface area contributed by atoms with Crippen molar-refractivity contribution in [3.8, 4) is 0 Å². The fourth-order valence-corrected chi connectivity index (χ4v) is 6.52. The number of benzene rings is 2. The second-order valence-electron chi connectivity index (χ2n) is 7.24. The average Bonchev–Trinajstić information content (AvgIpc) is 3.11. The Morgan fingerprint density at radius 2 is 1.43 bits per heavy atom. The van der Waals surface area contributed by atoms with Crippen LogP contribution in [0.5, 0.6) is 0 Å². The summed E-state index contributed by atoms with van der Waals surface area (Å²) in [4.78, 5) is 2.10. The molecule has 0 amide bonds. The Kier molecular flexibility index (Phi) is 7.44. The average molecular weight is 477 g/mol. The normalized spacial score (nSPS) is 20.1. The monoisotopic (exact) mass is 476 g/mol. The molecule has 1 aliphatic heterocycles. The lowest BCUT2D eigenvalue weighted by Crippen LogP contribution is -2.43. The fraction of sp³-hybridized carbons (Fsp3) is 0.400. The molecule has 2 atom stereocenters. The molecule has 2 aromatic carbocycles. The number of alkyl halides is 3. The molecule has 0 spiro atoms. The van der Waals surface area contributed by atoms with Crippen LogP contribution in [0.4, 0.5) is 13.2 Å². The predicted octanol–water partition coefficient (Wildman–Crippen LogP) is 4.68. The zero-order valence-electron chi connectivity index (χ0n) is 16.4. The van der Waals surface area contributed by atoms with Gasteiger partial charge in [-0.2, -0.15) is 13.2 Å². The highest BCUT2D eigenvalue weighted by Gasteiger charge is 2.48. The fourth-order valence-electron chi connectivity index (χ4n) is 3.04. The number of thioether (sulfide) groups is 2. The zero-order valence-corrected chi connectivity index (χ0v) is 18.9. The largest absolute Gasteiger partial charge is 0.511 e. The first-order valence-electron chi connectivity index (χ1n) is 9.32. The molecule has 1 aliphatic rings. The quantitative estimate of drug-likeness (QED) is 0.449. The van der Waals surface area contributed by atoms with Crippen molar-refractivity contribution in [2.24, 2.45) is 0 Å². The van der Waals surface area contributed by atoms with Gasteiger partial charge in [-0.1, -0.05) is 35.4 Å². The number of aryl methyl sites for hydroxylation is 2. The molecule has 1 saturated heterocycles. The molecule has 1 fully saturated rings. The van der Waals surface area contributed by atoms with Gasteiger partial charge >= 0.3 is 15.5 Å². The highest BCUT2D eigenvalue weighted by Crippen LogP contribution is 2.40. The summed E-state index contributed by atoms with van der Waals surface area (Å²) in [5.74, 6) is 0. The van der Waals surface area contributed by atoms with E-state index in [0.29, 0.717) is 0 Å². The van der Waals surface area contributed by atoms with Crippen LogP contribution >= 0.6 is 23.5 Å². The van der Waals surface area contributed by atoms with Crippen molar-refractivity contribution < 1.29 is 21.6 Å². The summed E-state index contributed by atoms with van der Waals surface area (Å²) in [6, 6.07) is 15.1. The first-order valence-corrected chi connectivity index (χ1v) is 12.6. The van der Waals surface area contributed by atoms with E-state index < -0.39 is 21.6 Å². The Hall–Kier alpha value is -1.20. The molecular weight excluding hydrogens is 453 g/mol. The molecule has 3 rings (SSSR count). The predicted molar refractivity (Wildman–Crippen MR) is 116 cm³/mol. The molecule has 0 saturated carbocycles. The van der Waals surface area contributed by atoms with Gasteiger partial charge in [0.15, 0.2) is 0 Å². The van der Waals surface area contributed by atoms with Crippen LogP contribution in [-0.4, -0.2) is 37.1 Å². The number of hydrogen-bond donors (Lipinski definition) is 2. The molecule has 0 unspecified atom stereocenters. The molecule has 0 radical (unpaired) electrons. The minimum atomic E-state index is -5.36. The highest BCUT2D eigenvalue weighted by molar-refractivity contribution is 8.17. The summed E-state index contributed by atoms with van der Waals surface area (Å²) in [5.41, 5.74) is -3.02. The topological polar surface area (TPSA) is 58.2 Å². The van der Waals surface area contributed by atoms with Crippen LogP contribution in [0.25, 0.3) is 0 Å². The van der Waals surface area contributed by atoms with Crippen molar-refractivity contribution in [1.29, 1.82) is 0 Å². The maximum atomic E-state index is 12.7. The van der Waals surface area contributed by atoms with Gasteiger partial charge in [0.25, 0.3) is 0 Å². The molecule has 0 aromatic heterocycles. The van der Waals surface area contributed by atoms with Gasteiger partial charge in [0, 0.05) is 28.4 Å². The zero-order chi connectivity index (χ0) is 21.9. The second-order valence-corrected chi connectivity index (χ2v) is 11.7.